The van der Waals surface area contributed by atoms with Crippen LogP contribution in [0, 0.1) is 6.92 Å². The van der Waals surface area contributed by atoms with Crippen molar-refractivity contribution in [1.82, 2.24) is 9.55 Å². The molecule has 0 amide bonds. The number of nitrogens with zero attached hydrogens (tertiary/aromatic N) is 4. The summed E-state index contributed by atoms with van der Waals surface area (Å²) in [5.41, 5.74) is 16.3. The molecule has 11 rings (SSSR count). The first-order chi connectivity index (χ1) is 31.3. The second kappa shape index (κ2) is 15.8. The minimum atomic E-state index is 0.0687. The maximum atomic E-state index is 6.79. The van der Waals surface area contributed by atoms with Crippen molar-refractivity contribution in [3.63, 3.8) is 0 Å². The Kier molecular flexibility index (Phi) is 9.62. The van der Waals surface area contributed by atoms with Crippen LogP contribution >= 0.6 is 0 Å². The highest BCUT2D eigenvalue weighted by atomic mass is 16.5. The topological polar surface area (TPSA) is 33.5 Å². The lowest BCUT2D eigenvalue weighted by atomic mass is 9.86. The summed E-state index contributed by atoms with van der Waals surface area (Å²) in [4.78, 5) is 9.92. The molecule has 0 fully saturated rings. The summed E-state index contributed by atoms with van der Waals surface area (Å²) in [7, 11) is 0. The number of pyridine rings is 1. The van der Waals surface area contributed by atoms with Crippen molar-refractivity contribution in [2.45, 2.75) is 33.1 Å². The first kappa shape index (κ1) is 39.0. The molecule has 0 saturated carbocycles. The highest BCUT2D eigenvalue weighted by Gasteiger charge is 2.31. The van der Waals surface area contributed by atoms with Gasteiger partial charge in [0.2, 0.25) is 0 Å². The van der Waals surface area contributed by atoms with E-state index in [0.717, 1.165) is 61.9 Å². The van der Waals surface area contributed by atoms with Crippen molar-refractivity contribution in [2.24, 2.45) is 0 Å². The molecule has 0 saturated heterocycles. The number of anilines is 4. The Hall–Kier alpha value is -7.89. The van der Waals surface area contributed by atoms with Crippen LogP contribution in [-0.2, 0) is 5.41 Å². The molecular formula is C59H48N4O. The third-order valence-corrected chi connectivity index (χ3v) is 12.6. The van der Waals surface area contributed by atoms with Gasteiger partial charge in [-0.1, -0.05) is 160 Å². The standard InChI is InChI=1S/C59H48N4O/c1-40-35-57(60-38-52(40)42-19-9-6-10-20-42)63-53-26-12-11-23-50(53)51-34-33-47(37-56(51)63)64-46-22-15-21-45(36-46)61-39-62(55-28-14-13-27-54(55)61)58-48(41-17-7-5-8-18-41)24-16-25-49(58)43-29-31-44(32-30-43)59(2,3)4/h5-38H,39H2,1-4H3. The number of benzene rings is 8. The van der Waals surface area contributed by atoms with Gasteiger partial charge in [0, 0.05) is 51.5 Å². The van der Waals surface area contributed by atoms with E-state index in [-0.39, 0.29) is 5.41 Å². The van der Waals surface area contributed by atoms with Crippen LogP contribution in [0.5, 0.6) is 11.5 Å². The van der Waals surface area contributed by atoms with Crippen molar-refractivity contribution in [1.29, 1.82) is 0 Å². The molecule has 0 aliphatic carbocycles. The fourth-order valence-electron chi connectivity index (χ4n) is 9.39. The van der Waals surface area contributed by atoms with Crippen molar-refractivity contribution < 1.29 is 4.74 Å². The van der Waals surface area contributed by atoms with E-state index in [9.17, 15) is 0 Å². The molecule has 5 nitrogen and oxygen atoms in total. The van der Waals surface area contributed by atoms with E-state index in [2.05, 4.69) is 230 Å². The maximum absolute atomic E-state index is 6.79. The number of aromatic nitrogens is 2. The molecule has 3 heterocycles. The molecule has 0 atom stereocenters. The SMILES string of the molecule is Cc1cc(-n2c3ccccc3c3ccc(Oc4cccc(N5CN(c6c(-c7ccccc7)cccc6-c6ccc(C(C)(C)C)cc6)c6ccccc65)c4)cc32)ncc1-c1ccccc1. The molecular weight excluding hydrogens is 781 g/mol. The van der Waals surface area contributed by atoms with Crippen molar-refractivity contribution in [3.8, 4) is 50.7 Å². The fraction of sp³-hybridized carbons (Fsp3) is 0.102. The Morgan fingerprint density at radius 2 is 1.08 bits per heavy atom. The zero-order chi connectivity index (χ0) is 43.4. The van der Waals surface area contributed by atoms with Gasteiger partial charge in [-0.05, 0) is 88.7 Å². The van der Waals surface area contributed by atoms with Crippen molar-refractivity contribution in [3.05, 3.63) is 218 Å². The van der Waals surface area contributed by atoms with Gasteiger partial charge in [-0.25, -0.2) is 4.98 Å². The van der Waals surface area contributed by atoms with Crippen LogP contribution in [0.25, 0.3) is 61.0 Å². The van der Waals surface area contributed by atoms with Crippen LogP contribution in [-0.4, -0.2) is 16.2 Å². The normalized spacial score (nSPS) is 12.6. The van der Waals surface area contributed by atoms with E-state index in [1.807, 2.05) is 18.3 Å². The molecule has 0 N–H and O–H groups in total. The van der Waals surface area contributed by atoms with E-state index < -0.39 is 0 Å². The van der Waals surface area contributed by atoms with Gasteiger partial charge in [0.25, 0.3) is 0 Å². The van der Waals surface area contributed by atoms with Gasteiger partial charge in [0.1, 0.15) is 24.0 Å². The van der Waals surface area contributed by atoms with Crippen LogP contribution in [0.3, 0.4) is 0 Å². The van der Waals surface area contributed by atoms with E-state index >= 15 is 0 Å². The number of fused-ring (bicyclic) bond motifs is 4. The first-order valence-electron chi connectivity index (χ1n) is 22.1. The lowest BCUT2D eigenvalue weighted by molar-refractivity contribution is 0.483. The van der Waals surface area contributed by atoms with Crippen molar-refractivity contribution in [2.75, 3.05) is 16.5 Å². The Balaban J connectivity index is 0.958. The third-order valence-electron chi connectivity index (χ3n) is 12.6. The molecule has 1 aliphatic rings. The third kappa shape index (κ3) is 6.96. The summed E-state index contributed by atoms with van der Waals surface area (Å²) in [6, 6.07) is 71.4. The van der Waals surface area contributed by atoms with Gasteiger partial charge in [-0.15, -0.1) is 0 Å². The molecule has 0 bridgehead atoms. The van der Waals surface area contributed by atoms with Gasteiger partial charge >= 0.3 is 0 Å². The predicted molar refractivity (Wildman–Crippen MR) is 267 cm³/mol. The molecule has 310 valence electrons. The molecule has 0 unspecified atom stereocenters. The highest BCUT2D eigenvalue weighted by molar-refractivity contribution is 6.09. The summed E-state index contributed by atoms with van der Waals surface area (Å²) in [5, 5.41) is 2.33. The van der Waals surface area contributed by atoms with Crippen LogP contribution < -0.4 is 14.5 Å². The Morgan fingerprint density at radius 3 is 1.78 bits per heavy atom. The quantitative estimate of drug-likeness (QED) is 0.153. The van der Waals surface area contributed by atoms with E-state index in [4.69, 9.17) is 9.72 Å². The number of hydrogen-bond acceptors (Lipinski definition) is 4. The molecule has 1 aliphatic heterocycles. The summed E-state index contributed by atoms with van der Waals surface area (Å²) >= 11 is 0. The molecule has 5 heteroatoms. The summed E-state index contributed by atoms with van der Waals surface area (Å²) < 4.78 is 9.04. The van der Waals surface area contributed by atoms with Gasteiger partial charge in [0.05, 0.1) is 28.1 Å². The van der Waals surface area contributed by atoms with Gasteiger partial charge in [-0.3, -0.25) is 4.57 Å². The van der Waals surface area contributed by atoms with E-state index in [1.54, 1.807) is 0 Å². The molecule has 10 aromatic rings. The van der Waals surface area contributed by atoms with Gasteiger partial charge < -0.3 is 14.5 Å². The molecule has 2 aromatic heterocycles. The van der Waals surface area contributed by atoms with Gasteiger partial charge in [-0.2, -0.15) is 0 Å². The second-order valence-electron chi connectivity index (χ2n) is 17.7. The molecule has 0 spiro atoms. The number of ether oxygens (including phenoxy) is 1. The number of aryl methyl sites for hydroxylation is 1. The van der Waals surface area contributed by atoms with Crippen LogP contribution in [0.4, 0.5) is 22.7 Å². The molecule has 8 aromatic carbocycles. The smallest absolute Gasteiger partial charge is 0.137 e. The lowest BCUT2D eigenvalue weighted by Crippen LogP contribution is -2.25. The summed E-state index contributed by atoms with van der Waals surface area (Å²) in [6.45, 7) is 9.59. The molecule has 64 heavy (non-hydrogen) atoms. The predicted octanol–water partition coefficient (Wildman–Crippen LogP) is 15.8. The Bertz CT molecular complexity index is 3330. The average molecular weight is 829 g/mol. The number of rotatable bonds is 8. The highest BCUT2D eigenvalue weighted by Crippen LogP contribution is 2.50. The van der Waals surface area contributed by atoms with Crippen LogP contribution in [0.15, 0.2) is 206 Å². The van der Waals surface area contributed by atoms with E-state index in [0.29, 0.717) is 6.67 Å². The zero-order valence-corrected chi connectivity index (χ0v) is 36.5. The largest absolute Gasteiger partial charge is 0.457 e. The zero-order valence-electron chi connectivity index (χ0n) is 36.5. The minimum absolute atomic E-state index is 0.0687. The summed E-state index contributed by atoms with van der Waals surface area (Å²) in [6.07, 6.45) is 2.00. The number of para-hydroxylation sites is 4. The summed E-state index contributed by atoms with van der Waals surface area (Å²) in [5.74, 6) is 2.40. The Labute approximate surface area is 375 Å². The minimum Gasteiger partial charge on any atom is -0.457 e. The van der Waals surface area contributed by atoms with E-state index in [1.165, 1.54) is 44.5 Å². The average Bonchev–Trinajstić information content (AvgIpc) is 3.88. The molecule has 0 radical (unpaired) electrons. The lowest BCUT2D eigenvalue weighted by Gasteiger charge is -2.27. The monoisotopic (exact) mass is 828 g/mol. The fourth-order valence-corrected chi connectivity index (χ4v) is 9.39. The first-order valence-corrected chi connectivity index (χ1v) is 22.1. The Morgan fingerprint density at radius 1 is 0.484 bits per heavy atom. The van der Waals surface area contributed by atoms with Gasteiger partial charge in [0.15, 0.2) is 0 Å². The number of hydrogen-bond donors (Lipinski definition) is 0. The maximum Gasteiger partial charge on any atom is 0.137 e. The van der Waals surface area contributed by atoms with Crippen LogP contribution in [0.1, 0.15) is 31.9 Å². The second-order valence-corrected chi connectivity index (χ2v) is 17.7. The van der Waals surface area contributed by atoms with Crippen molar-refractivity contribution >= 4 is 44.6 Å². The van der Waals surface area contributed by atoms with Crippen LogP contribution in [0.2, 0.25) is 0 Å².